The molecule has 0 aliphatic heterocycles. The third kappa shape index (κ3) is 2.41. The van der Waals surface area contributed by atoms with Crippen molar-refractivity contribution in [3.8, 4) is 5.69 Å². The van der Waals surface area contributed by atoms with Gasteiger partial charge < -0.3 is 9.47 Å². The maximum absolute atomic E-state index is 11.6. The molecule has 1 aromatic carbocycles. The zero-order chi connectivity index (χ0) is 13.0. The predicted molar refractivity (Wildman–Crippen MR) is 65.6 cm³/mol. The first-order chi connectivity index (χ1) is 8.76. The topological polar surface area (TPSA) is 53.4 Å². The molecule has 0 unspecified atom stereocenters. The van der Waals surface area contributed by atoms with Gasteiger partial charge in [0.05, 0.1) is 19.4 Å². The Labute approximate surface area is 105 Å². The molecule has 0 fully saturated rings. The molecule has 5 nitrogen and oxygen atoms in total. The van der Waals surface area contributed by atoms with Crippen molar-refractivity contribution in [3.05, 3.63) is 47.8 Å². The number of carbonyl (C=O) groups is 1. The number of ether oxygens (including phenoxy) is 2. The van der Waals surface area contributed by atoms with Crippen LogP contribution in [0.4, 0.5) is 0 Å². The summed E-state index contributed by atoms with van der Waals surface area (Å²) in [4.78, 5) is 11.6. The van der Waals surface area contributed by atoms with Crippen LogP contribution >= 0.6 is 0 Å². The van der Waals surface area contributed by atoms with E-state index in [1.165, 1.54) is 7.11 Å². The highest BCUT2D eigenvalue weighted by Gasteiger charge is 2.17. The molecule has 0 atom stereocenters. The van der Waals surface area contributed by atoms with E-state index in [0.717, 1.165) is 5.69 Å². The predicted octanol–water partition coefficient (Wildman–Crippen LogP) is 1.81. The standard InChI is InChI=1S/C13H14N2O3/c1-17-9-12-11(13(16)18-2)8-15(14-12)10-6-4-3-5-7-10/h3-8H,9H2,1-2H3. The molecule has 5 heteroatoms. The van der Waals surface area contributed by atoms with Crippen LogP contribution < -0.4 is 0 Å². The van der Waals surface area contributed by atoms with E-state index in [1.807, 2.05) is 30.3 Å². The van der Waals surface area contributed by atoms with Crippen molar-refractivity contribution in [2.45, 2.75) is 6.61 Å². The van der Waals surface area contributed by atoms with Crippen LogP contribution in [-0.4, -0.2) is 30.0 Å². The fourth-order valence-corrected chi connectivity index (χ4v) is 1.65. The summed E-state index contributed by atoms with van der Waals surface area (Å²) in [7, 11) is 2.90. The van der Waals surface area contributed by atoms with E-state index in [0.29, 0.717) is 11.3 Å². The smallest absolute Gasteiger partial charge is 0.341 e. The van der Waals surface area contributed by atoms with Gasteiger partial charge in [0.15, 0.2) is 0 Å². The number of nitrogens with zero attached hydrogens (tertiary/aromatic N) is 2. The lowest BCUT2D eigenvalue weighted by Gasteiger charge is -1.99. The number of rotatable bonds is 4. The molecular weight excluding hydrogens is 232 g/mol. The number of hydrogen-bond acceptors (Lipinski definition) is 4. The van der Waals surface area contributed by atoms with Crippen molar-refractivity contribution in [2.75, 3.05) is 14.2 Å². The Balaban J connectivity index is 2.42. The largest absolute Gasteiger partial charge is 0.465 e. The summed E-state index contributed by atoms with van der Waals surface area (Å²) in [6.07, 6.45) is 1.65. The lowest BCUT2D eigenvalue weighted by atomic mass is 10.2. The monoisotopic (exact) mass is 246 g/mol. The van der Waals surface area contributed by atoms with Crippen molar-refractivity contribution in [2.24, 2.45) is 0 Å². The fraction of sp³-hybridized carbons (Fsp3) is 0.231. The fourth-order valence-electron chi connectivity index (χ4n) is 1.65. The molecule has 1 heterocycles. The van der Waals surface area contributed by atoms with Crippen molar-refractivity contribution >= 4 is 5.97 Å². The number of aromatic nitrogens is 2. The molecule has 0 N–H and O–H groups in total. The van der Waals surface area contributed by atoms with E-state index in [1.54, 1.807) is 18.0 Å². The first kappa shape index (κ1) is 12.3. The summed E-state index contributed by atoms with van der Waals surface area (Å²) in [5, 5.41) is 4.33. The van der Waals surface area contributed by atoms with Crippen molar-refractivity contribution in [3.63, 3.8) is 0 Å². The molecule has 0 spiro atoms. The quantitative estimate of drug-likeness (QED) is 0.772. The SMILES string of the molecule is COCc1nn(-c2ccccc2)cc1C(=O)OC. The van der Waals surface area contributed by atoms with Crippen LogP contribution in [0, 0.1) is 0 Å². The summed E-state index contributed by atoms with van der Waals surface area (Å²) in [5.41, 5.74) is 1.86. The van der Waals surface area contributed by atoms with Gasteiger partial charge in [-0.25, -0.2) is 9.48 Å². The Hall–Kier alpha value is -2.14. The summed E-state index contributed by atoms with van der Waals surface area (Å²) in [6, 6.07) is 9.55. The van der Waals surface area contributed by atoms with Gasteiger partial charge in [-0.3, -0.25) is 0 Å². The maximum atomic E-state index is 11.6. The van der Waals surface area contributed by atoms with Gasteiger partial charge in [-0.15, -0.1) is 0 Å². The Morgan fingerprint density at radius 2 is 2.00 bits per heavy atom. The number of hydrogen-bond donors (Lipinski definition) is 0. The van der Waals surface area contributed by atoms with Crippen LogP contribution in [0.5, 0.6) is 0 Å². The normalized spacial score (nSPS) is 10.3. The van der Waals surface area contributed by atoms with E-state index in [9.17, 15) is 4.79 Å². The van der Waals surface area contributed by atoms with Crippen molar-refractivity contribution < 1.29 is 14.3 Å². The minimum atomic E-state index is -0.413. The Bertz CT molecular complexity index is 534. The first-order valence-corrected chi connectivity index (χ1v) is 5.47. The van der Waals surface area contributed by atoms with Gasteiger partial charge in [-0.1, -0.05) is 18.2 Å². The van der Waals surface area contributed by atoms with Crippen molar-refractivity contribution in [1.29, 1.82) is 0 Å². The molecule has 18 heavy (non-hydrogen) atoms. The lowest BCUT2D eigenvalue weighted by Crippen LogP contribution is -2.04. The van der Waals surface area contributed by atoms with Gasteiger partial charge >= 0.3 is 5.97 Å². The number of carbonyl (C=O) groups excluding carboxylic acids is 1. The molecule has 1 aromatic heterocycles. The van der Waals surface area contributed by atoms with Crippen molar-refractivity contribution in [1.82, 2.24) is 9.78 Å². The molecular formula is C13H14N2O3. The van der Waals surface area contributed by atoms with Gasteiger partial charge in [-0.05, 0) is 12.1 Å². The molecule has 0 aliphatic rings. The van der Waals surface area contributed by atoms with E-state index in [4.69, 9.17) is 9.47 Å². The van der Waals surface area contributed by atoms with Crippen LogP contribution in [-0.2, 0) is 16.1 Å². The molecule has 2 aromatic rings. The molecule has 0 amide bonds. The molecule has 0 saturated carbocycles. The second-order valence-electron chi connectivity index (χ2n) is 3.69. The van der Waals surface area contributed by atoms with E-state index < -0.39 is 5.97 Å². The van der Waals surface area contributed by atoms with Gasteiger partial charge in [0.1, 0.15) is 11.3 Å². The average molecular weight is 246 g/mol. The minimum Gasteiger partial charge on any atom is -0.465 e. The van der Waals surface area contributed by atoms with E-state index in [2.05, 4.69) is 5.10 Å². The highest BCUT2D eigenvalue weighted by Crippen LogP contribution is 2.14. The molecule has 0 bridgehead atoms. The van der Waals surface area contributed by atoms with Crippen LogP contribution in [0.3, 0.4) is 0 Å². The van der Waals surface area contributed by atoms with Crippen LogP contribution in [0.25, 0.3) is 5.69 Å². The van der Waals surface area contributed by atoms with E-state index in [-0.39, 0.29) is 6.61 Å². The molecule has 0 radical (unpaired) electrons. The Morgan fingerprint density at radius 3 is 2.61 bits per heavy atom. The van der Waals surface area contributed by atoms with Gasteiger partial charge in [0.2, 0.25) is 0 Å². The summed E-state index contributed by atoms with van der Waals surface area (Å²) in [5.74, 6) is -0.413. The van der Waals surface area contributed by atoms with Gasteiger partial charge in [0.25, 0.3) is 0 Å². The zero-order valence-corrected chi connectivity index (χ0v) is 10.3. The summed E-state index contributed by atoms with van der Waals surface area (Å²) >= 11 is 0. The van der Waals surface area contributed by atoms with E-state index >= 15 is 0 Å². The molecule has 94 valence electrons. The Kier molecular flexibility index (Phi) is 3.74. The second-order valence-corrected chi connectivity index (χ2v) is 3.69. The molecule has 0 aliphatic carbocycles. The van der Waals surface area contributed by atoms with Crippen LogP contribution in [0.15, 0.2) is 36.5 Å². The molecule has 2 rings (SSSR count). The second kappa shape index (κ2) is 5.46. The third-order valence-electron chi connectivity index (χ3n) is 2.50. The number of methoxy groups -OCH3 is 2. The first-order valence-electron chi connectivity index (χ1n) is 5.47. The van der Waals surface area contributed by atoms with Crippen LogP contribution in [0.1, 0.15) is 16.1 Å². The van der Waals surface area contributed by atoms with Crippen LogP contribution in [0.2, 0.25) is 0 Å². The maximum Gasteiger partial charge on any atom is 0.341 e. The summed E-state index contributed by atoms with van der Waals surface area (Å²) < 4.78 is 11.4. The van der Waals surface area contributed by atoms with Gasteiger partial charge in [0, 0.05) is 13.3 Å². The zero-order valence-electron chi connectivity index (χ0n) is 10.3. The highest BCUT2D eigenvalue weighted by atomic mass is 16.5. The Morgan fingerprint density at radius 1 is 1.28 bits per heavy atom. The average Bonchev–Trinajstić information content (AvgIpc) is 2.83. The molecule has 0 saturated heterocycles. The number of benzene rings is 1. The number of para-hydroxylation sites is 1. The lowest BCUT2D eigenvalue weighted by molar-refractivity contribution is 0.0596. The summed E-state index contributed by atoms with van der Waals surface area (Å²) in [6.45, 7) is 0.268. The minimum absolute atomic E-state index is 0.268. The number of esters is 1. The van der Waals surface area contributed by atoms with Gasteiger partial charge in [-0.2, -0.15) is 5.10 Å². The highest BCUT2D eigenvalue weighted by molar-refractivity contribution is 5.90. The third-order valence-corrected chi connectivity index (χ3v) is 2.50.